The zero-order valence-electron chi connectivity index (χ0n) is 21.3. The Hall–Kier alpha value is -2.59. The van der Waals surface area contributed by atoms with Gasteiger partial charge in [-0.05, 0) is 43.0 Å². The van der Waals surface area contributed by atoms with Crippen LogP contribution in [0.5, 0.6) is 0 Å². The molecular weight excluding hydrogens is 523 g/mol. The Balaban J connectivity index is 1.07. The van der Waals surface area contributed by atoms with Gasteiger partial charge in [-0.1, -0.05) is 30.5 Å². The first kappa shape index (κ1) is 25.7. The highest BCUT2D eigenvalue weighted by atomic mass is 35.5. The number of halogens is 2. The molecule has 2 aromatic heterocycles. The predicted molar refractivity (Wildman–Crippen MR) is 151 cm³/mol. The van der Waals surface area contributed by atoms with Crippen LogP contribution in [0.4, 0.5) is 15.9 Å². The predicted octanol–water partition coefficient (Wildman–Crippen LogP) is 5.23. The topological polar surface area (TPSA) is 64.6 Å². The third-order valence-corrected chi connectivity index (χ3v) is 9.42. The van der Waals surface area contributed by atoms with Gasteiger partial charge < -0.3 is 10.2 Å². The minimum Gasteiger partial charge on any atom is -0.340 e. The Morgan fingerprint density at radius 3 is 2.76 bits per heavy atom. The molecule has 7 nitrogen and oxygen atoms in total. The van der Waals surface area contributed by atoms with Crippen molar-refractivity contribution in [3.63, 3.8) is 0 Å². The van der Waals surface area contributed by atoms with Crippen LogP contribution in [0.2, 0.25) is 5.02 Å². The van der Waals surface area contributed by atoms with Crippen molar-refractivity contribution < 1.29 is 9.18 Å². The van der Waals surface area contributed by atoms with Gasteiger partial charge in [-0.2, -0.15) is 0 Å². The quantitative estimate of drug-likeness (QED) is 0.421. The summed E-state index contributed by atoms with van der Waals surface area (Å²) >= 11 is 7.56. The lowest BCUT2D eigenvalue weighted by Crippen LogP contribution is -2.49. The van der Waals surface area contributed by atoms with Gasteiger partial charge in [0.1, 0.15) is 22.8 Å². The van der Waals surface area contributed by atoms with Crippen LogP contribution in [0.3, 0.4) is 0 Å². The summed E-state index contributed by atoms with van der Waals surface area (Å²) < 4.78 is 13.6. The molecule has 1 N–H and O–H groups in total. The van der Waals surface area contributed by atoms with Gasteiger partial charge in [0.05, 0.1) is 17.0 Å². The smallest absolute Gasteiger partial charge is 0.246 e. The SMILES string of the molecule is O=C(C=CCN1CCN(C2CCCC2)CC1)N1CCc2c(sc3ncnc(Nc4ccc(F)c(Cl)c4)c23)C1. The van der Waals surface area contributed by atoms with Gasteiger partial charge in [0.25, 0.3) is 0 Å². The van der Waals surface area contributed by atoms with Crippen LogP contribution in [0, 0.1) is 5.82 Å². The maximum Gasteiger partial charge on any atom is 0.246 e. The molecule has 1 aliphatic carbocycles. The molecule has 0 unspecified atom stereocenters. The van der Waals surface area contributed by atoms with Crippen molar-refractivity contribution in [3.8, 4) is 0 Å². The van der Waals surface area contributed by atoms with Crippen molar-refractivity contribution in [1.82, 2.24) is 24.7 Å². The Kier molecular flexibility index (Phi) is 7.61. The average molecular weight is 555 g/mol. The largest absolute Gasteiger partial charge is 0.340 e. The summed E-state index contributed by atoms with van der Waals surface area (Å²) in [6.45, 7) is 6.48. The Morgan fingerprint density at radius 2 is 1.97 bits per heavy atom. The van der Waals surface area contributed by atoms with E-state index >= 15 is 0 Å². The Labute approximate surface area is 231 Å². The third-order valence-electron chi connectivity index (χ3n) is 8.00. The van der Waals surface area contributed by atoms with Gasteiger partial charge in [-0.25, -0.2) is 14.4 Å². The average Bonchev–Trinajstić information content (AvgIpc) is 3.59. The van der Waals surface area contributed by atoms with Gasteiger partial charge in [-0.3, -0.25) is 14.6 Å². The minimum atomic E-state index is -0.460. The highest BCUT2D eigenvalue weighted by molar-refractivity contribution is 7.19. The molecule has 0 atom stereocenters. The zero-order valence-corrected chi connectivity index (χ0v) is 22.9. The monoisotopic (exact) mass is 554 g/mol. The number of fused-ring (bicyclic) bond motifs is 3. The molecule has 0 radical (unpaired) electrons. The van der Waals surface area contributed by atoms with E-state index in [1.165, 1.54) is 43.6 Å². The summed E-state index contributed by atoms with van der Waals surface area (Å²) in [5.41, 5.74) is 1.84. The van der Waals surface area contributed by atoms with Crippen molar-refractivity contribution in [3.05, 3.63) is 58.0 Å². The Morgan fingerprint density at radius 1 is 1.16 bits per heavy atom. The summed E-state index contributed by atoms with van der Waals surface area (Å²) in [5, 5.41) is 4.29. The number of hydrogen-bond acceptors (Lipinski definition) is 7. The molecule has 3 aromatic rings. The molecule has 2 fully saturated rings. The van der Waals surface area contributed by atoms with E-state index in [1.807, 2.05) is 11.0 Å². The maximum atomic E-state index is 13.6. The van der Waals surface area contributed by atoms with Crippen molar-refractivity contribution in [2.24, 2.45) is 0 Å². The standard InChI is InChI=1S/C28H32ClFN6OS/c29-22-16-19(7-8-23(22)30)33-27-26-21-9-11-36(17-24(21)38-28(26)32-18-31-27)25(37)6-3-10-34-12-14-35(15-13-34)20-4-1-2-5-20/h3,6-8,16,18,20H,1-2,4-5,9-15,17H2,(H,31,32,33). The van der Waals surface area contributed by atoms with Crippen LogP contribution in [0.15, 0.2) is 36.7 Å². The number of piperazine rings is 1. The van der Waals surface area contributed by atoms with E-state index in [0.717, 1.165) is 60.3 Å². The van der Waals surface area contributed by atoms with Crippen LogP contribution in [0.1, 0.15) is 36.1 Å². The molecule has 38 heavy (non-hydrogen) atoms. The molecule has 0 bridgehead atoms. The number of hydrogen-bond donors (Lipinski definition) is 1. The zero-order chi connectivity index (χ0) is 26.1. The fraction of sp³-hybridized carbons (Fsp3) is 0.464. The molecule has 1 aromatic carbocycles. The van der Waals surface area contributed by atoms with Crippen molar-refractivity contribution in [2.45, 2.75) is 44.7 Å². The summed E-state index contributed by atoms with van der Waals surface area (Å²) in [4.78, 5) is 30.9. The fourth-order valence-electron chi connectivity index (χ4n) is 5.91. The molecule has 3 aliphatic rings. The number of carbonyl (C=O) groups is 1. The van der Waals surface area contributed by atoms with Crippen molar-refractivity contribution in [2.75, 3.05) is 44.6 Å². The third kappa shape index (κ3) is 5.43. The van der Waals surface area contributed by atoms with E-state index in [1.54, 1.807) is 29.5 Å². The van der Waals surface area contributed by atoms with E-state index in [-0.39, 0.29) is 10.9 Å². The normalized spacial score (nSPS) is 19.5. The number of nitrogens with one attached hydrogen (secondary N) is 1. The van der Waals surface area contributed by atoms with Crippen LogP contribution in [0.25, 0.3) is 10.2 Å². The number of aromatic nitrogens is 2. The summed E-state index contributed by atoms with van der Waals surface area (Å²) in [6, 6.07) is 5.31. The molecule has 2 aliphatic heterocycles. The highest BCUT2D eigenvalue weighted by Gasteiger charge is 2.27. The first-order valence-electron chi connectivity index (χ1n) is 13.4. The number of anilines is 2. The lowest BCUT2D eigenvalue weighted by atomic mass is 10.0. The second-order valence-corrected chi connectivity index (χ2v) is 11.8. The van der Waals surface area contributed by atoms with Crippen molar-refractivity contribution in [1.29, 1.82) is 0 Å². The van der Waals surface area contributed by atoms with Gasteiger partial charge in [0.15, 0.2) is 0 Å². The molecular formula is C28H32ClFN6OS. The van der Waals surface area contributed by atoms with Gasteiger partial charge >= 0.3 is 0 Å². The van der Waals surface area contributed by atoms with Crippen LogP contribution < -0.4 is 5.32 Å². The van der Waals surface area contributed by atoms with Crippen LogP contribution in [-0.4, -0.2) is 75.9 Å². The van der Waals surface area contributed by atoms with Crippen molar-refractivity contribution >= 4 is 50.6 Å². The van der Waals surface area contributed by atoms with Crippen LogP contribution >= 0.6 is 22.9 Å². The molecule has 4 heterocycles. The van der Waals surface area contributed by atoms with Gasteiger partial charge in [0.2, 0.25) is 5.91 Å². The van der Waals surface area contributed by atoms with E-state index < -0.39 is 5.82 Å². The van der Waals surface area contributed by atoms with E-state index in [2.05, 4.69) is 25.1 Å². The molecule has 1 saturated carbocycles. The maximum absolute atomic E-state index is 13.6. The fourth-order valence-corrected chi connectivity index (χ4v) is 7.29. The summed E-state index contributed by atoms with van der Waals surface area (Å²) in [6.07, 6.45) is 11.5. The molecule has 1 saturated heterocycles. The first-order valence-corrected chi connectivity index (χ1v) is 14.6. The molecule has 6 rings (SSSR count). The summed E-state index contributed by atoms with van der Waals surface area (Å²) in [5.74, 6) is 0.268. The van der Waals surface area contributed by atoms with E-state index in [9.17, 15) is 9.18 Å². The number of amides is 1. The van der Waals surface area contributed by atoms with Crippen LogP contribution in [-0.2, 0) is 17.8 Å². The van der Waals surface area contributed by atoms with E-state index in [0.29, 0.717) is 24.6 Å². The number of thiophene rings is 1. The first-order chi connectivity index (χ1) is 18.5. The lowest BCUT2D eigenvalue weighted by Gasteiger charge is -2.37. The highest BCUT2D eigenvalue weighted by Crippen LogP contribution is 2.38. The molecule has 1 amide bonds. The lowest BCUT2D eigenvalue weighted by molar-refractivity contribution is -0.126. The molecule has 0 spiro atoms. The number of carbonyl (C=O) groups excluding carboxylic acids is 1. The van der Waals surface area contributed by atoms with Gasteiger partial charge in [-0.15, -0.1) is 11.3 Å². The van der Waals surface area contributed by atoms with E-state index in [4.69, 9.17) is 11.6 Å². The Bertz CT molecular complexity index is 1350. The number of benzene rings is 1. The van der Waals surface area contributed by atoms with Gasteiger partial charge in [0, 0.05) is 62.0 Å². The number of nitrogens with zero attached hydrogens (tertiary/aromatic N) is 5. The second-order valence-electron chi connectivity index (χ2n) is 10.3. The molecule has 200 valence electrons. The minimum absolute atomic E-state index is 0.0567. The summed E-state index contributed by atoms with van der Waals surface area (Å²) in [7, 11) is 0. The second kappa shape index (κ2) is 11.3. The molecule has 10 heteroatoms. The number of rotatable bonds is 6.